The number of nitrogens with zero attached hydrogens (tertiary/aromatic N) is 2. The van der Waals surface area contributed by atoms with E-state index >= 15 is 0 Å². The summed E-state index contributed by atoms with van der Waals surface area (Å²) in [7, 11) is -6.07. The molecule has 11 heteroatoms. The van der Waals surface area contributed by atoms with Crippen LogP contribution in [0.4, 0.5) is 5.69 Å². The van der Waals surface area contributed by atoms with Gasteiger partial charge in [0.25, 0.3) is 5.91 Å². The Labute approximate surface area is 219 Å². The number of benzene rings is 2. The van der Waals surface area contributed by atoms with Gasteiger partial charge in [-0.2, -0.15) is 8.61 Å². The molecule has 0 spiro atoms. The summed E-state index contributed by atoms with van der Waals surface area (Å²) in [6.45, 7) is 5.36. The van der Waals surface area contributed by atoms with Crippen molar-refractivity contribution >= 4 is 31.6 Å². The summed E-state index contributed by atoms with van der Waals surface area (Å²) in [4.78, 5) is 13.1. The van der Waals surface area contributed by atoms with Crippen molar-refractivity contribution < 1.29 is 26.4 Å². The largest absolute Gasteiger partial charge is 0.495 e. The van der Waals surface area contributed by atoms with E-state index in [4.69, 9.17) is 4.74 Å². The average molecular weight is 550 g/mol. The van der Waals surface area contributed by atoms with E-state index in [2.05, 4.69) is 5.32 Å². The molecule has 0 aromatic heterocycles. The van der Waals surface area contributed by atoms with E-state index in [0.29, 0.717) is 31.2 Å². The van der Waals surface area contributed by atoms with Crippen molar-refractivity contribution in [2.45, 2.75) is 61.8 Å². The van der Waals surface area contributed by atoms with Gasteiger partial charge in [-0.05, 0) is 81.0 Å². The van der Waals surface area contributed by atoms with Crippen molar-refractivity contribution in [3.05, 3.63) is 48.0 Å². The lowest BCUT2D eigenvalue weighted by Gasteiger charge is -2.32. The van der Waals surface area contributed by atoms with Crippen LogP contribution in [0.25, 0.3) is 0 Å². The fourth-order valence-electron chi connectivity index (χ4n) is 5.00. The first-order chi connectivity index (χ1) is 17.5. The molecule has 2 atom stereocenters. The lowest BCUT2D eigenvalue weighted by molar-refractivity contribution is 0.102. The monoisotopic (exact) mass is 549 g/mol. The van der Waals surface area contributed by atoms with Crippen LogP contribution in [0.5, 0.6) is 5.75 Å². The fraction of sp³-hybridized carbons (Fsp3) is 0.500. The van der Waals surface area contributed by atoms with Gasteiger partial charge in [0.1, 0.15) is 10.6 Å². The van der Waals surface area contributed by atoms with Gasteiger partial charge in [-0.25, -0.2) is 16.8 Å². The number of nitrogens with one attached hydrogen (secondary N) is 1. The number of anilines is 1. The van der Waals surface area contributed by atoms with Crippen LogP contribution in [-0.4, -0.2) is 64.1 Å². The van der Waals surface area contributed by atoms with Gasteiger partial charge in [0.05, 0.1) is 12.0 Å². The highest BCUT2D eigenvalue weighted by atomic mass is 32.2. The number of piperidine rings is 2. The number of sulfonamides is 2. The average Bonchev–Trinajstić information content (AvgIpc) is 2.88. The van der Waals surface area contributed by atoms with Crippen LogP contribution in [0.15, 0.2) is 52.3 Å². The highest BCUT2D eigenvalue weighted by molar-refractivity contribution is 7.89. The Hall–Kier alpha value is -2.47. The number of carbonyl (C=O) groups is 1. The van der Waals surface area contributed by atoms with Crippen molar-refractivity contribution in [2.24, 2.45) is 5.92 Å². The number of ether oxygens (including phenoxy) is 1. The van der Waals surface area contributed by atoms with Gasteiger partial charge in [-0.15, -0.1) is 0 Å². The van der Waals surface area contributed by atoms with E-state index in [1.165, 1.54) is 58.2 Å². The molecule has 2 aliphatic rings. The van der Waals surface area contributed by atoms with E-state index in [-0.39, 0.29) is 27.1 Å². The van der Waals surface area contributed by atoms with E-state index in [1.807, 2.05) is 13.8 Å². The third kappa shape index (κ3) is 5.84. The van der Waals surface area contributed by atoms with E-state index < -0.39 is 26.0 Å². The molecule has 1 amide bonds. The first kappa shape index (κ1) is 27.6. The molecule has 0 saturated carbocycles. The summed E-state index contributed by atoms with van der Waals surface area (Å²) >= 11 is 0. The molecule has 202 valence electrons. The predicted molar refractivity (Wildman–Crippen MR) is 142 cm³/mol. The summed E-state index contributed by atoms with van der Waals surface area (Å²) < 4.78 is 61.2. The maximum Gasteiger partial charge on any atom is 0.255 e. The standard InChI is InChI=1S/C26H35N3O6S2/c1-19-7-6-15-28(18-19)36(31,32)23-12-10-22(11-13-23)27-26(30)21-9-14-24(35-3)25(17-21)37(33,34)29-16-5-4-8-20(29)2/h9-14,17,19-20H,4-8,15-16,18H2,1-3H3,(H,27,30). The van der Waals surface area contributed by atoms with Crippen LogP contribution in [0.1, 0.15) is 56.3 Å². The number of hydrogen-bond donors (Lipinski definition) is 1. The van der Waals surface area contributed by atoms with Gasteiger partial charge in [0, 0.05) is 36.9 Å². The zero-order valence-corrected chi connectivity index (χ0v) is 23.1. The molecule has 2 aliphatic heterocycles. The Morgan fingerprint density at radius 3 is 2.30 bits per heavy atom. The fourth-order valence-corrected chi connectivity index (χ4v) is 8.48. The second-order valence-corrected chi connectivity index (χ2v) is 13.7. The molecule has 1 N–H and O–H groups in total. The van der Waals surface area contributed by atoms with Gasteiger partial charge in [0.15, 0.2) is 0 Å². The normalized spacial score (nSPS) is 21.9. The second kappa shape index (κ2) is 11.1. The number of rotatable bonds is 7. The van der Waals surface area contributed by atoms with Crippen LogP contribution < -0.4 is 10.1 Å². The molecular formula is C26H35N3O6S2. The molecule has 2 heterocycles. The van der Waals surface area contributed by atoms with Crippen LogP contribution >= 0.6 is 0 Å². The van der Waals surface area contributed by atoms with Crippen molar-refractivity contribution in [3.63, 3.8) is 0 Å². The zero-order valence-electron chi connectivity index (χ0n) is 21.5. The van der Waals surface area contributed by atoms with Crippen molar-refractivity contribution in [1.82, 2.24) is 8.61 Å². The van der Waals surface area contributed by atoms with Crippen molar-refractivity contribution in [3.8, 4) is 5.75 Å². The molecule has 0 aliphatic carbocycles. The summed E-state index contributed by atoms with van der Waals surface area (Å²) in [6.07, 6.45) is 4.40. The molecule has 2 aromatic carbocycles. The smallest absolute Gasteiger partial charge is 0.255 e. The Kier molecular flexibility index (Phi) is 8.27. The molecular weight excluding hydrogens is 514 g/mol. The Balaban J connectivity index is 1.53. The molecule has 2 aromatic rings. The van der Waals surface area contributed by atoms with E-state index in [0.717, 1.165) is 32.1 Å². The maximum atomic E-state index is 13.4. The third-order valence-corrected chi connectivity index (χ3v) is 11.0. The van der Waals surface area contributed by atoms with Crippen molar-refractivity contribution in [1.29, 1.82) is 0 Å². The first-order valence-electron chi connectivity index (χ1n) is 12.7. The highest BCUT2D eigenvalue weighted by Gasteiger charge is 2.34. The Morgan fingerprint density at radius 2 is 1.65 bits per heavy atom. The topological polar surface area (TPSA) is 113 Å². The quantitative estimate of drug-likeness (QED) is 0.560. The lowest BCUT2D eigenvalue weighted by atomic mass is 10.0. The summed E-state index contributed by atoms with van der Waals surface area (Å²) in [5, 5.41) is 2.73. The van der Waals surface area contributed by atoms with Crippen LogP contribution in [0, 0.1) is 5.92 Å². The third-order valence-electron chi connectivity index (χ3n) is 7.12. The summed E-state index contributed by atoms with van der Waals surface area (Å²) in [5.41, 5.74) is 0.559. The molecule has 4 rings (SSSR count). The lowest BCUT2D eigenvalue weighted by Crippen LogP contribution is -2.42. The van der Waals surface area contributed by atoms with Gasteiger partial charge in [-0.1, -0.05) is 13.3 Å². The Morgan fingerprint density at radius 1 is 0.919 bits per heavy atom. The number of methoxy groups -OCH3 is 1. The van der Waals surface area contributed by atoms with Crippen LogP contribution in [0.3, 0.4) is 0 Å². The maximum absolute atomic E-state index is 13.4. The minimum Gasteiger partial charge on any atom is -0.495 e. The minimum atomic E-state index is -3.86. The van der Waals surface area contributed by atoms with Crippen LogP contribution in [-0.2, 0) is 20.0 Å². The number of hydrogen-bond acceptors (Lipinski definition) is 6. The van der Waals surface area contributed by atoms with Crippen LogP contribution in [0.2, 0.25) is 0 Å². The van der Waals surface area contributed by atoms with Crippen molar-refractivity contribution in [2.75, 3.05) is 32.1 Å². The zero-order chi connectivity index (χ0) is 26.8. The molecule has 9 nitrogen and oxygen atoms in total. The minimum absolute atomic E-state index is 0.0476. The molecule has 0 radical (unpaired) electrons. The number of amides is 1. The SMILES string of the molecule is COc1ccc(C(=O)Nc2ccc(S(=O)(=O)N3CCCC(C)C3)cc2)cc1S(=O)(=O)N1CCCCC1C. The highest BCUT2D eigenvalue weighted by Crippen LogP contribution is 2.32. The van der Waals surface area contributed by atoms with Gasteiger partial charge < -0.3 is 10.1 Å². The summed E-state index contributed by atoms with van der Waals surface area (Å²) in [5.74, 6) is -0.0133. The second-order valence-electron chi connectivity index (χ2n) is 9.92. The number of carbonyl (C=O) groups excluding carboxylic acids is 1. The van der Waals surface area contributed by atoms with Gasteiger partial charge in [0.2, 0.25) is 20.0 Å². The molecule has 37 heavy (non-hydrogen) atoms. The van der Waals surface area contributed by atoms with Gasteiger partial charge in [-0.3, -0.25) is 4.79 Å². The van der Waals surface area contributed by atoms with E-state index in [9.17, 15) is 21.6 Å². The Bertz CT molecular complexity index is 1340. The predicted octanol–water partition coefficient (Wildman–Crippen LogP) is 3.93. The first-order valence-corrected chi connectivity index (χ1v) is 15.5. The van der Waals surface area contributed by atoms with E-state index in [1.54, 1.807) is 0 Å². The molecule has 2 unspecified atom stereocenters. The molecule has 0 bridgehead atoms. The van der Waals surface area contributed by atoms with Gasteiger partial charge >= 0.3 is 0 Å². The summed E-state index contributed by atoms with van der Waals surface area (Å²) in [6, 6.07) is 10.2. The molecule has 2 fully saturated rings. The molecule has 2 saturated heterocycles.